The molecule has 1 aromatic heterocycles. The van der Waals surface area contributed by atoms with Gasteiger partial charge < -0.3 is 5.32 Å². The molecular formula is C21H21N3O2. The number of fused-ring (bicyclic) bond motifs is 1. The second-order valence-corrected chi connectivity index (χ2v) is 6.93. The van der Waals surface area contributed by atoms with Gasteiger partial charge in [0.15, 0.2) is 0 Å². The van der Waals surface area contributed by atoms with Crippen molar-refractivity contribution >= 4 is 16.8 Å². The fourth-order valence-corrected chi connectivity index (χ4v) is 3.35. The molecule has 0 unspecified atom stereocenters. The number of rotatable bonds is 6. The Hall–Kier alpha value is -2.95. The molecular weight excluding hydrogens is 326 g/mol. The number of carbonyl (C=O) groups is 1. The minimum atomic E-state index is -0.105. The van der Waals surface area contributed by atoms with Crippen molar-refractivity contribution in [3.05, 3.63) is 76.8 Å². The number of nitrogens with zero attached hydrogens (tertiary/aromatic N) is 2. The molecule has 0 aliphatic heterocycles. The SMILES string of the molecule is O=C(CCn1cnc2ccccc2c1=O)NCC1(c2ccccc2)CC1. The van der Waals surface area contributed by atoms with Crippen molar-refractivity contribution in [2.24, 2.45) is 0 Å². The Morgan fingerprint density at radius 3 is 2.58 bits per heavy atom. The van der Waals surface area contributed by atoms with Gasteiger partial charge in [0, 0.05) is 24.9 Å². The van der Waals surface area contributed by atoms with E-state index in [4.69, 9.17) is 0 Å². The van der Waals surface area contributed by atoms with Crippen LogP contribution in [0.5, 0.6) is 0 Å². The molecule has 1 amide bonds. The summed E-state index contributed by atoms with van der Waals surface area (Å²) in [6.45, 7) is 0.988. The number of hydrogen-bond acceptors (Lipinski definition) is 3. The monoisotopic (exact) mass is 347 g/mol. The molecule has 26 heavy (non-hydrogen) atoms. The van der Waals surface area contributed by atoms with Crippen LogP contribution in [0.1, 0.15) is 24.8 Å². The van der Waals surface area contributed by atoms with E-state index in [-0.39, 0.29) is 23.3 Å². The van der Waals surface area contributed by atoms with Crippen molar-refractivity contribution < 1.29 is 4.79 Å². The second kappa shape index (κ2) is 6.75. The van der Waals surface area contributed by atoms with E-state index in [2.05, 4.69) is 22.4 Å². The van der Waals surface area contributed by atoms with E-state index in [1.165, 1.54) is 16.5 Å². The van der Waals surface area contributed by atoms with Gasteiger partial charge in [-0.15, -0.1) is 0 Å². The Balaban J connectivity index is 1.36. The van der Waals surface area contributed by atoms with Gasteiger partial charge in [0.25, 0.3) is 5.56 Å². The molecule has 0 bridgehead atoms. The Morgan fingerprint density at radius 1 is 1.08 bits per heavy atom. The number of para-hydroxylation sites is 1. The van der Waals surface area contributed by atoms with E-state index in [1.54, 1.807) is 6.07 Å². The summed E-state index contributed by atoms with van der Waals surface area (Å²) in [6, 6.07) is 17.6. The predicted octanol–water partition coefficient (Wildman–Crippen LogP) is 2.63. The van der Waals surface area contributed by atoms with Crippen LogP contribution in [0.15, 0.2) is 65.7 Å². The van der Waals surface area contributed by atoms with Gasteiger partial charge in [-0.3, -0.25) is 14.2 Å². The van der Waals surface area contributed by atoms with Crippen LogP contribution in [-0.4, -0.2) is 22.0 Å². The zero-order chi connectivity index (χ0) is 18.0. The summed E-state index contributed by atoms with van der Waals surface area (Å²) in [6.07, 6.45) is 3.99. The fourth-order valence-electron chi connectivity index (χ4n) is 3.35. The molecule has 5 heteroatoms. The van der Waals surface area contributed by atoms with E-state index in [0.717, 1.165) is 12.8 Å². The van der Waals surface area contributed by atoms with Crippen LogP contribution in [0, 0.1) is 0 Å². The lowest BCUT2D eigenvalue weighted by Gasteiger charge is -2.16. The Kier molecular flexibility index (Phi) is 4.29. The molecule has 1 fully saturated rings. The first-order valence-electron chi connectivity index (χ1n) is 8.94. The Bertz CT molecular complexity index is 991. The molecule has 1 heterocycles. The maximum Gasteiger partial charge on any atom is 0.261 e. The fraction of sp³-hybridized carbons (Fsp3) is 0.286. The zero-order valence-corrected chi connectivity index (χ0v) is 14.5. The summed E-state index contributed by atoms with van der Waals surface area (Å²) in [7, 11) is 0. The average molecular weight is 347 g/mol. The molecule has 4 rings (SSSR count). The summed E-state index contributed by atoms with van der Waals surface area (Å²) < 4.78 is 1.51. The third-order valence-electron chi connectivity index (χ3n) is 5.17. The lowest BCUT2D eigenvalue weighted by atomic mass is 9.96. The van der Waals surface area contributed by atoms with Gasteiger partial charge in [0.05, 0.1) is 17.2 Å². The van der Waals surface area contributed by atoms with E-state index in [9.17, 15) is 9.59 Å². The highest BCUT2D eigenvalue weighted by Gasteiger charge is 2.44. The summed E-state index contributed by atoms with van der Waals surface area (Å²) >= 11 is 0. The predicted molar refractivity (Wildman–Crippen MR) is 101 cm³/mol. The van der Waals surface area contributed by atoms with Crippen molar-refractivity contribution in [3.8, 4) is 0 Å². The topological polar surface area (TPSA) is 64.0 Å². The van der Waals surface area contributed by atoms with Gasteiger partial charge in [-0.25, -0.2) is 4.98 Å². The van der Waals surface area contributed by atoms with E-state index >= 15 is 0 Å². The average Bonchev–Trinajstić information content (AvgIpc) is 3.48. The molecule has 1 saturated carbocycles. The van der Waals surface area contributed by atoms with Crippen molar-refractivity contribution in [2.45, 2.75) is 31.2 Å². The standard InChI is InChI=1S/C21H21N3O2/c25-19(22-14-21(11-12-21)16-6-2-1-3-7-16)10-13-24-15-23-18-9-5-4-8-17(18)20(24)26/h1-9,15H,10-14H2,(H,22,25). The highest BCUT2D eigenvalue weighted by molar-refractivity contribution is 5.77. The highest BCUT2D eigenvalue weighted by Crippen LogP contribution is 2.47. The summed E-state index contributed by atoms with van der Waals surface area (Å²) in [4.78, 5) is 29.0. The number of aromatic nitrogens is 2. The Labute approximate surface area is 151 Å². The zero-order valence-electron chi connectivity index (χ0n) is 14.5. The second-order valence-electron chi connectivity index (χ2n) is 6.93. The first-order chi connectivity index (χ1) is 12.7. The molecule has 1 aliphatic rings. The smallest absolute Gasteiger partial charge is 0.261 e. The molecule has 5 nitrogen and oxygen atoms in total. The molecule has 1 aliphatic carbocycles. The molecule has 0 saturated heterocycles. The van der Waals surface area contributed by atoms with Gasteiger partial charge in [-0.2, -0.15) is 0 Å². The molecule has 2 aromatic carbocycles. The van der Waals surface area contributed by atoms with Crippen LogP contribution in [-0.2, 0) is 16.8 Å². The van der Waals surface area contributed by atoms with E-state index in [0.29, 0.717) is 24.0 Å². The summed E-state index contributed by atoms with van der Waals surface area (Å²) in [5, 5.41) is 3.62. The molecule has 3 aromatic rings. The van der Waals surface area contributed by atoms with Gasteiger partial charge in [-0.05, 0) is 30.5 Å². The molecule has 0 spiro atoms. The molecule has 1 N–H and O–H groups in total. The van der Waals surface area contributed by atoms with Crippen LogP contribution in [0.2, 0.25) is 0 Å². The van der Waals surface area contributed by atoms with Gasteiger partial charge in [-0.1, -0.05) is 42.5 Å². The summed E-state index contributed by atoms with van der Waals surface area (Å²) in [5.41, 5.74) is 1.96. The minimum Gasteiger partial charge on any atom is -0.355 e. The first-order valence-corrected chi connectivity index (χ1v) is 8.94. The lowest BCUT2D eigenvalue weighted by molar-refractivity contribution is -0.121. The van der Waals surface area contributed by atoms with Crippen molar-refractivity contribution in [3.63, 3.8) is 0 Å². The molecule has 0 atom stereocenters. The van der Waals surface area contributed by atoms with E-state index < -0.39 is 0 Å². The van der Waals surface area contributed by atoms with Crippen LogP contribution >= 0.6 is 0 Å². The van der Waals surface area contributed by atoms with Gasteiger partial charge in [0.2, 0.25) is 5.91 Å². The number of hydrogen-bond donors (Lipinski definition) is 1. The number of amides is 1. The quantitative estimate of drug-likeness (QED) is 0.745. The highest BCUT2D eigenvalue weighted by atomic mass is 16.1. The lowest BCUT2D eigenvalue weighted by Crippen LogP contribution is -2.33. The first kappa shape index (κ1) is 16.5. The maximum atomic E-state index is 12.4. The number of aryl methyl sites for hydroxylation is 1. The number of nitrogens with one attached hydrogen (secondary N) is 1. The third-order valence-corrected chi connectivity index (χ3v) is 5.17. The van der Waals surface area contributed by atoms with Crippen LogP contribution in [0.25, 0.3) is 10.9 Å². The van der Waals surface area contributed by atoms with Crippen molar-refractivity contribution in [1.29, 1.82) is 0 Å². The molecule has 132 valence electrons. The van der Waals surface area contributed by atoms with Crippen molar-refractivity contribution in [1.82, 2.24) is 14.9 Å². The van der Waals surface area contributed by atoms with Gasteiger partial charge in [0.1, 0.15) is 0 Å². The number of carbonyl (C=O) groups excluding carboxylic acids is 1. The minimum absolute atomic E-state index is 0.0349. The van der Waals surface area contributed by atoms with Crippen LogP contribution in [0.3, 0.4) is 0 Å². The maximum absolute atomic E-state index is 12.4. The third kappa shape index (κ3) is 3.25. The largest absolute Gasteiger partial charge is 0.355 e. The van der Waals surface area contributed by atoms with Crippen molar-refractivity contribution in [2.75, 3.05) is 6.54 Å². The molecule has 0 radical (unpaired) electrons. The van der Waals surface area contributed by atoms with Crippen LogP contribution < -0.4 is 10.9 Å². The van der Waals surface area contributed by atoms with Crippen LogP contribution in [0.4, 0.5) is 0 Å². The van der Waals surface area contributed by atoms with E-state index in [1.807, 2.05) is 36.4 Å². The normalized spacial score (nSPS) is 14.9. The van der Waals surface area contributed by atoms with Gasteiger partial charge >= 0.3 is 0 Å². The Morgan fingerprint density at radius 2 is 1.81 bits per heavy atom. The summed E-state index contributed by atoms with van der Waals surface area (Å²) in [5.74, 6) is -0.0349. The number of benzene rings is 2.